The zero-order valence-corrected chi connectivity index (χ0v) is 13.3. The molecular weight excluding hydrogens is 348 g/mol. The van der Waals surface area contributed by atoms with Crippen LogP contribution in [0, 0.1) is 11.6 Å². The molecule has 1 aromatic heterocycles. The normalized spacial score (nSPS) is 17.4. The molecule has 122 valence electrons. The smallest absolute Gasteiger partial charge is 0.219 e. The Balaban J connectivity index is 1.69. The summed E-state index contributed by atoms with van der Waals surface area (Å²) in [6.07, 6.45) is -0.167. The van der Waals surface area contributed by atoms with Gasteiger partial charge in [0.05, 0.1) is 6.54 Å². The van der Waals surface area contributed by atoms with Crippen LogP contribution in [0.4, 0.5) is 8.78 Å². The van der Waals surface area contributed by atoms with E-state index in [1.807, 2.05) is 0 Å². The maximum atomic E-state index is 13.6. The van der Waals surface area contributed by atoms with Crippen LogP contribution < -0.4 is 10.2 Å². The van der Waals surface area contributed by atoms with Gasteiger partial charge in [0, 0.05) is 17.4 Å². The van der Waals surface area contributed by atoms with Gasteiger partial charge >= 0.3 is 0 Å². The SMILES string of the molecule is Fc1cccc(CSc2nc(Cl)cc(O[C@H]3CNOC3)n2)c1F. The average Bonchev–Trinajstić information content (AvgIpc) is 3.01. The number of rotatable bonds is 5. The highest BCUT2D eigenvalue weighted by molar-refractivity contribution is 7.98. The van der Waals surface area contributed by atoms with Crippen molar-refractivity contribution in [3.8, 4) is 5.88 Å². The Bertz CT molecular complexity index is 702. The Labute approximate surface area is 140 Å². The molecule has 1 N–H and O–H groups in total. The number of benzene rings is 1. The van der Waals surface area contributed by atoms with Crippen LogP contribution in [-0.2, 0) is 10.6 Å². The lowest BCUT2D eigenvalue weighted by Crippen LogP contribution is -2.22. The predicted molar refractivity (Wildman–Crippen MR) is 81.3 cm³/mol. The van der Waals surface area contributed by atoms with Crippen LogP contribution in [0.1, 0.15) is 5.56 Å². The molecule has 1 aliphatic rings. The van der Waals surface area contributed by atoms with Gasteiger partial charge in [-0.15, -0.1) is 0 Å². The van der Waals surface area contributed by atoms with Crippen molar-refractivity contribution < 1.29 is 18.4 Å². The molecule has 0 unspecified atom stereocenters. The second kappa shape index (κ2) is 7.39. The molecule has 0 saturated carbocycles. The fourth-order valence-electron chi connectivity index (χ4n) is 1.91. The number of hydroxylamine groups is 1. The average molecular weight is 360 g/mol. The Morgan fingerprint density at radius 1 is 1.39 bits per heavy atom. The summed E-state index contributed by atoms with van der Waals surface area (Å²) >= 11 is 7.09. The van der Waals surface area contributed by atoms with Crippen LogP contribution in [-0.4, -0.2) is 29.2 Å². The minimum atomic E-state index is -0.882. The van der Waals surface area contributed by atoms with E-state index in [4.69, 9.17) is 21.2 Å². The first-order valence-electron chi connectivity index (χ1n) is 6.73. The number of nitrogens with one attached hydrogen (secondary N) is 1. The third-order valence-electron chi connectivity index (χ3n) is 3.01. The van der Waals surface area contributed by atoms with E-state index in [1.165, 1.54) is 18.2 Å². The molecule has 2 aromatic rings. The highest BCUT2D eigenvalue weighted by Gasteiger charge is 2.18. The number of aromatic nitrogens is 2. The van der Waals surface area contributed by atoms with Gasteiger partial charge in [-0.25, -0.2) is 13.8 Å². The summed E-state index contributed by atoms with van der Waals surface area (Å²) < 4.78 is 32.4. The van der Waals surface area contributed by atoms with Gasteiger partial charge in [0.1, 0.15) is 17.9 Å². The Hall–Kier alpha value is -1.48. The van der Waals surface area contributed by atoms with Crippen LogP contribution in [0.2, 0.25) is 5.15 Å². The first kappa shape index (κ1) is 16.4. The second-order valence-electron chi connectivity index (χ2n) is 4.71. The monoisotopic (exact) mass is 359 g/mol. The van der Waals surface area contributed by atoms with E-state index in [-0.39, 0.29) is 22.6 Å². The van der Waals surface area contributed by atoms with Crippen molar-refractivity contribution in [2.75, 3.05) is 13.2 Å². The molecule has 1 atom stereocenters. The van der Waals surface area contributed by atoms with Crippen molar-refractivity contribution >= 4 is 23.4 Å². The molecule has 5 nitrogen and oxygen atoms in total. The van der Waals surface area contributed by atoms with Gasteiger partial charge in [-0.1, -0.05) is 35.5 Å². The van der Waals surface area contributed by atoms with Crippen LogP contribution in [0.25, 0.3) is 0 Å². The van der Waals surface area contributed by atoms with E-state index in [9.17, 15) is 8.78 Å². The summed E-state index contributed by atoms with van der Waals surface area (Å²) in [5, 5.41) is 0.534. The summed E-state index contributed by atoms with van der Waals surface area (Å²) in [6, 6.07) is 5.53. The first-order chi connectivity index (χ1) is 11.1. The highest BCUT2D eigenvalue weighted by atomic mass is 35.5. The molecule has 0 spiro atoms. The van der Waals surface area contributed by atoms with Gasteiger partial charge in [0.2, 0.25) is 5.88 Å². The number of halogens is 3. The fraction of sp³-hybridized carbons (Fsp3) is 0.286. The zero-order chi connectivity index (χ0) is 16.2. The summed E-state index contributed by atoms with van der Waals surface area (Å²) in [7, 11) is 0. The number of hydrogen-bond donors (Lipinski definition) is 1. The molecule has 3 rings (SSSR count). The highest BCUT2D eigenvalue weighted by Crippen LogP contribution is 2.26. The maximum Gasteiger partial charge on any atom is 0.219 e. The summed E-state index contributed by atoms with van der Waals surface area (Å²) in [6.45, 7) is 0.942. The molecule has 1 aromatic carbocycles. The Kier molecular flexibility index (Phi) is 5.27. The van der Waals surface area contributed by atoms with Crippen LogP contribution in [0.3, 0.4) is 0 Å². The van der Waals surface area contributed by atoms with Crippen LogP contribution in [0.15, 0.2) is 29.4 Å². The molecular formula is C14H12ClF2N3O2S. The van der Waals surface area contributed by atoms with Crippen molar-refractivity contribution in [2.45, 2.75) is 17.0 Å². The van der Waals surface area contributed by atoms with Gasteiger partial charge in [-0.3, -0.25) is 4.84 Å². The molecule has 1 fully saturated rings. The van der Waals surface area contributed by atoms with E-state index in [2.05, 4.69) is 15.4 Å². The maximum absolute atomic E-state index is 13.6. The minimum Gasteiger partial charge on any atom is -0.470 e. The van der Waals surface area contributed by atoms with Crippen molar-refractivity contribution in [3.63, 3.8) is 0 Å². The molecule has 0 radical (unpaired) electrons. The van der Waals surface area contributed by atoms with Gasteiger partial charge < -0.3 is 4.74 Å². The van der Waals surface area contributed by atoms with Crippen LogP contribution >= 0.6 is 23.4 Å². The molecule has 1 aliphatic heterocycles. The number of hydrogen-bond acceptors (Lipinski definition) is 6. The van der Waals surface area contributed by atoms with Gasteiger partial charge in [0.25, 0.3) is 0 Å². The van der Waals surface area contributed by atoms with Crippen molar-refractivity contribution in [1.29, 1.82) is 0 Å². The summed E-state index contributed by atoms with van der Waals surface area (Å²) in [5.74, 6) is -1.26. The summed E-state index contributed by atoms with van der Waals surface area (Å²) in [5.41, 5.74) is 2.93. The van der Waals surface area contributed by atoms with E-state index in [1.54, 1.807) is 0 Å². The molecule has 9 heteroatoms. The minimum absolute atomic E-state index is 0.167. The quantitative estimate of drug-likeness (QED) is 0.503. The number of ether oxygens (including phenoxy) is 1. The van der Waals surface area contributed by atoms with Gasteiger partial charge in [-0.2, -0.15) is 10.5 Å². The van der Waals surface area contributed by atoms with E-state index in [0.717, 1.165) is 17.8 Å². The third kappa shape index (κ3) is 4.29. The molecule has 0 aliphatic carbocycles. The van der Waals surface area contributed by atoms with Crippen molar-refractivity contribution in [2.24, 2.45) is 0 Å². The van der Waals surface area contributed by atoms with Crippen molar-refractivity contribution in [3.05, 3.63) is 46.6 Å². The molecule has 23 heavy (non-hydrogen) atoms. The third-order valence-corrected chi connectivity index (χ3v) is 4.10. The second-order valence-corrected chi connectivity index (χ2v) is 6.04. The van der Waals surface area contributed by atoms with E-state index >= 15 is 0 Å². The topological polar surface area (TPSA) is 56.3 Å². The molecule has 1 saturated heterocycles. The lowest BCUT2D eigenvalue weighted by Gasteiger charge is -2.11. The zero-order valence-electron chi connectivity index (χ0n) is 11.8. The lowest BCUT2D eigenvalue weighted by molar-refractivity contribution is 0.0832. The standard InChI is InChI=1S/C14H12ClF2N3O2S/c15-11-4-12(22-9-5-18-21-6-9)20-14(19-11)23-7-8-2-1-3-10(16)13(8)17/h1-4,9,18H,5-7H2/t9-/m0/s1. The fourth-order valence-corrected chi connectivity index (χ4v) is 2.96. The van der Waals surface area contributed by atoms with Gasteiger partial charge in [0.15, 0.2) is 16.8 Å². The Morgan fingerprint density at radius 2 is 2.26 bits per heavy atom. The largest absolute Gasteiger partial charge is 0.470 e. The first-order valence-corrected chi connectivity index (χ1v) is 8.10. The summed E-state index contributed by atoms with van der Waals surface area (Å²) in [4.78, 5) is 13.2. The van der Waals surface area contributed by atoms with Crippen molar-refractivity contribution in [1.82, 2.24) is 15.4 Å². The number of thioether (sulfide) groups is 1. The van der Waals surface area contributed by atoms with Crippen LogP contribution in [0.5, 0.6) is 5.88 Å². The molecule has 2 heterocycles. The lowest BCUT2D eigenvalue weighted by atomic mass is 10.2. The Morgan fingerprint density at radius 3 is 3.04 bits per heavy atom. The van der Waals surface area contributed by atoms with E-state index in [0.29, 0.717) is 24.2 Å². The molecule has 0 bridgehead atoms. The molecule has 0 amide bonds. The van der Waals surface area contributed by atoms with E-state index < -0.39 is 11.6 Å². The number of nitrogens with zero attached hydrogens (tertiary/aromatic N) is 2. The van der Waals surface area contributed by atoms with Gasteiger partial charge in [-0.05, 0) is 6.07 Å². The predicted octanol–water partition coefficient (Wildman–Crippen LogP) is 2.98.